The monoisotopic (exact) mass is 162 g/mol. The van der Waals surface area contributed by atoms with Crippen LogP contribution in [0.5, 0.6) is 0 Å². The third-order valence-corrected chi connectivity index (χ3v) is 2.63. The molecule has 0 aromatic carbocycles. The van der Waals surface area contributed by atoms with Gasteiger partial charge in [-0.15, -0.1) is 0 Å². The van der Waals surface area contributed by atoms with Crippen molar-refractivity contribution >= 4 is 0 Å². The van der Waals surface area contributed by atoms with Crippen LogP contribution in [0.2, 0.25) is 0 Å². The van der Waals surface area contributed by atoms with Crippen LogP contribution in [0.1, 0.15) is 43.0 Å². The fourth-order valence-electron chi connectivity index (χ4n) is 1.87. The molecule has 1 aliphatic rings. The van der Waals surface area contributed by atoms with Crippen molar-refractivity contribution < 1.29 is 0 Å². The van der Waals surface area contributed by atoms with Gasteiger partial charge in [0.1, 0.15) is 5.82 Å². The molecule has 2 heteroatoms. The molecule has 1 aromatic heterocycles. The molecule has 0 amide bonds. The van der Waals surface area contributed by atoms with Crippen LogP contribution in [0.25, 0.3) is 0 Å². The second-order valence-corrected chi connectivity index (χ2v) is 3.54. The highest BCUT2D eigenvalue weighted by Gasteiger charge is 2.17. The van der Waals surface area contributed by atoms with E-state index < -0.39 is 0 Å². The Morgan fingerprint density at radius 3 is 2.33 bits per heavy atom. The normalized spacial score (nSPS) is 18.4. The molecule has 2 rings (SSSR count). The van der Waals surface area contributed by atoms with Crippen molar-refractivity contribution in [2.24, 2.45) is 0 Å². The van der Waals surface area contributed by atoms with Crippen LogP contribution in [-0.4, -0.2) is 9.97 Å². The Morgan fingerprint density at radius 1 is 1.17 bits per heavy atom. The molecule has 0 spiro atoms. The van der Waals surface area contributed by atoms with Crippen molar-refractivity contribution in [3.05, 3.63) is 23.8 Å². The van der Waals surface area contributed by atoms with Crippen LogP contribution >= 0.6 is 0 Å². The van der Waals surface area contributed by atoms with Crippen molar-refractivity contribution in [3.8, 4) is 0 Å². The number of hydrogen-bond acceptors (Lipinski definition) is 2. The van der Waals surface area contributed by atoms with E-state index in [9.17, 15) is 0 Å². The first kappa shape index (κ1) is 7.71. The molecule has 0 bridgehead atoms. The van der Waals surface area contributed by atoms with Crippen LogP contribution < -0.4 is 0 Å². The van der Waals surface area contributed by atoms with Crippen LogP contribution in [0, 0.1) is 6.92 Å². The summed E-state index contributed by atoms with van der Waals surface area (Å²) in [6.07, 6.45) is 9.37. The summed E-state index contributed by atoms with van der Waals surface area (Å²) in [4.78, 5) is 8.43. The van der Waals surface area contributed by atoms with E-state index in [1.807, 2.05) is 19.3 Å². The van der Waals surface area contributed by atoms with E-state index in [4.69, 9.17) is 0 Å². The number of nitrogens with zero attached hydrogens (tertiary/aromatic N) is 2. The van der Waals surface area contributed by atoms with E-state index >= 15 is 0 Å². The maximum Gasteiger partial charge on any atom is 0.125 e. The second-order valence-electron chi connectivity index (χ2n) is 3.54. The van der Waals surface area contributed by atoms with Crippen LogP contribution in [0.15, 0.2) is 12.4 Å². The van der Waals surface area contributed by atoms with E-state index in [-0.39, 0.29) is 0 Å². The van der Waals surface area contributed by atoms with E-state index in [0.29, 0.717) is 0 Å². The lowest BCUT2D eigenvalue weighted by atomic mass is 10.0. The Labute approximate surface area is 73.1 Å². The van der Waals surface area contributed by atoms with Gasteiger partial charge in [0.05, 0.1) is 0 Å². The third kappa shape index (κ3) is 1.47. The largest absolute Gasteiger partial charge is 0.241 e. The fourth-order valence-corrected chi connectivity index (χ4v) is 1.87. The molecule has 1 saturated carbocycles. The van der Waals surface area contributed by atoms with Crippen LogP contribution in [0.3, 0.4) is 0 Å². The second kappa shape index (κ2) is 3.21. The molecule has 0 saturated heterocycles. The minimum Gasteiger partial charge on any atom is -0.241 e. The number of rotatable bonds is 1. The predicted octanol–water partition coefficient (Wildman–Crippen LogP) is 2.44. The van der Waals surface area contributed by atoms with Crippen molar-refractivity contribution in [1.29, 1.82) is 0 Å². The molecule has 1 fully saturated rings. The first-order valence-corrected chi connectivity index (χ1v) is 4.65. The lowest BCUT2D eigenvalue weighted by Gasteiger charge is -2.07. The van der Waals surface area contributed by atoms with Gasteiger partial charge in [0.25, 0.3) is 0 Å². The van der Waals surface area contributed by atoms with Crippen molar-refractivity contribution in [1.82, 2.24) is 9.97 Å². The molecule has 2 nitrogen and oxygen atoms in total. The van der Waals surface area contributed by atoms with Gasteiger partial charge >= 0.3 is 0 Å². The van der Waals surface area contributed by atoms with Crippen molar-refractivity contribution in [2.45, 2.75) is 38.5 Å². The quantitative estimate of drug-likeness (QED) is 0.633. The first-order valence-electron chi connectivity index (χ1n) is 4.65. The van der Waals surface area contributed by atoms with Gasteiger partial charge in [0.15, 0.2) is 0 Å². The lowest BCUT2D eigenvalue weighted by molar-refractivity contribution is 0.711. The molecule has 1 aromatic rings. The fraction of sp³-hybridized carbons (Fsp3) is 0.600. The first-order chi connectivity index (χ1) is 5.86. The lowest BCUT2D eigenvalue weighted by Crippen LogP contribution is -1.96. The SMILES string of the molecule is Cc1ncc(C2CCCC2)cn1. The standard InChI is InChI=1S/C10H14N2/c1-8-11-6-10(7-12-8)9-4-2-3-5-9/h6-7,9H,2-5H2,1H3. The van der Waals surface area contributed by atoms with Gasteiger partial charge in [0.2, 0.25) is 0 Å². The van der Waals surface area contributed by atoms with Gasteiger partial charge in [-0.2, -0.15) is 0 Å². The molecule has 0 N–H and O–H groups in total. The van der Waals surface area contributed by atoms with Gasteiger partial charge in [-0.1, -0.05) is 12.8 Å². The Morgan fingerprint density at radius 2 is 1.75 bits per heavy atom. The van der Waals surface area contributed by atoms with E-state index in [0.717, 1.165) is 11.7 Å². The van der Waals surface area contributed by atoms with E-state index in [1.54, 1.807) is 0 Å². The molecular formula is C10H14N2. The molecular weight excluding hydrogens is 148 g/mol. The maximum absolute atomic E-state index is 4.21. The topological polar surface area (TPSA) is 25.8 Å². The highest BCUT2D eigenvalue weighted by atomic mass is 14.8. The molecule has 0 atom stereocenters. The number of hydrogen-bond donors (Lipinski definition) is 0. The molecule has 0 unspecified atom stereocenters. The zero-order chi connectivity index (χ0) is 8.39. The summed E-state index contributed by atoms with van der Waals surface area (Å²) in [7, 11) is 0. The highest BCUT2D eigenvalue weighted by Crippen LogP contribution is 2.33. The molecule has 1 aliphatic carbocycles. The number of aryl methyl sites for hydroxylation is 1. The minimum atomic E-state index is 0.741. The van der Waals surface area contributed by atoms with Crippen molar-refractivity contribution in [2.75, 3.05) is 0 Å². The Balaban J connectivity index is 2.17. The zero-order valence-electron chi connectivity index (χ0n) is 7.45. The van der Waals surface area contributed by atoms with Gasteiger partial charge in [-0.05, 0) is 31.2 Å². The van der Waals surface area contributed by atoms with Crippen molar-refractivity contribution in [3.63, 3.8) is 0 Å². The molecule has 12 heavy (non-hydrogen) atoms. The highest BCUT2D eigenvalue weighted by molar-refractivity contribution is 5.12. The zero-order valence-corrected chi connectivity index (χ0v) is 7.45. The minimum absolute atomic E-state index is 0.741. The average molecular weight is 162 g/mol. The summed E-state index contributed by atoms with van der Waals surface area (Å²) in [6.45, 7) is 1.93. The summed E-state index contributed by atoms with van der Waals surface area (Å²) in [5, 5.41) is 0. The Bertz CT molecular complexity index is 247. The van der Waals surface area contributed by atoms with E-state index in [1.165, 1.54) is 31.2 Å². The molecule has 1 heterocycles. The number of aromatic nitrogens is 2. The van der Waals surface area contributed by atoms with Crippen LogP contribution in [0.4, 0.5) is 0 Å². The van der Waals surface area contributed by atoms with Gasteiger partial charge in [0, 0.05) is 12.4 Å². The summed E-state index contributed by atoms with van der Waals surface area (Å²) >= 11 is 0. The van der Waals surface area contributed by atoms with E-state index in [2.05, 4.69) is 9.97 Å². The Hall–Kier alpha value is -0.920. The molecule has 64 valence electrons. The van der Waals surface area contributed by atoms with Crippen LogP contribution in [-0.2, 0) is 0 Å². The molecule has 0 radical (unpaired) electrons. The molecule has 0 aliphatic heterocycles. The maximum atomic E-state index is 4.21. The Kier molecular flexibility index (Phi) is 2.07. The van der Waals surface area contributed by atoms with Gasteiger partial charge < -0.3 is 0 Å². The summed E-state index contributed by atoms with van der Waals surface area (Å²) < 4.78 is 0. The average Bonchev–Trinajstić information content (AvgIpc) is 2.58. The van der Waals surface area contributed by atoms with Gasteiger partial charge in [-0.25, -0.2) is 9.97 Å². The predicted molar refractivity (Wildman–Crippen MR) is 48.0 cm³/mol. The smallest absolute Gasteiger partial charge is 0.125 e. The third-order valence-electron chi connectivity index (χ3n) is 2.63. The summed E-state index contributed by atoms with van der Waals surface area (Å²) in [5.41, 5.74) is 1.33. The summed E-state index contributed by atoms with van der Waals surface area (Å²) in [6, 6.07) is 0. The van der Waals surface area contributed by atoms with Gasteiger partial charge in [-0.3, -0.25) is 0 Å². The summed E-state index contributed by atoms with van der Waals surface area (Å²) in [5.74, 6) is 1.61.